The molecule has 0 radical (unpaired) electrons. The van der Waals surface area contributed by atoms with E-state index in [0.29, 0.717) is 25.5 Å². The van der Waals surface area contributed by atoms with E-state index in [1.54, 1.807) is 6.92 Å². The van der Waals surface area contributed by atoms with Crippen LogP contribution in [0, 0.1) is 5.92 Å². The van der Waals surface area contributed by atoms with Gasteiger partial charge in [0.1, 0.15) is 6.10 Å². The SMILES string of the molecule is CC(OCC1CC1)C(=O)NCCCO. The molecule has 1 atom stereocenters. The molecule has 4 nitrogen and oxygen atoms in total. The van der Waals surface area contributed by atoms with Crippen LogP contribution >= 0.6 is 0 Å². The zero-order valence-corrected chi connectivity index (χ0v) is 8.66. The molecule has 0 aliphatic heterocycles. The maximum absolute atomic E-state index is 11.3. The van der Waals surface area contributed by atoms with Crippen molar-refractivity contribution >= 4 is 5.91 Å². The maximum atomic E-state index is 11.3. The molecule has 1 aliphatic rings. The van der Waals surface area contributed by atoms with Gasteiger partial charge in [0.2, 0.25) is 5.91 Å². The van der Waals surface area contributed by atoms with Gasteiger partial charge in [-0.25, -0.2) is 0 Å². The minimum absolute atomic E-state index is 0.0842. The maximum Gasteiger partial charge on any atom is 0.248 e. The van der Waals surface area contributed by atoms with Crippen molar-refractivity contribution in [1.82, 2.24) is 5.32 Å². The lowest BCUT2D eigenvalue weighted by Gasteiger charge is -2.12. The molecular weight excluding hydrogens is 182 g/mol. The highest BCUT2D eigenvalue weighted by atomic mass is 16.5. The molecule has 0 spiro atoms. The number of rotatable bonds is 7. The van der Waals surface area contributed by atoms with E-state index in [0.717, 1.165) is 0 Å². The first-order valence-electron chi connectivity index (χ1n) is 5.24. The van der Waals surface area contributed by atoms with Crippen molar-refractivity contribution in [3.05, 3.63) is 0 Å². The fraction of sp³-hybridized carbons (Fsp3) is 0.900. The van der Waals surface area contributed by atoms with Gasteiger partial charge in [0.05, 0.1) is 6.61 Å². The third-order valence-corrected chi connectivity index (χ3v) is 2.28. The van der Waals surface area contributed by atoms with Gasteiger partial charge < -0.3 is 15.2 Å². The Morgan fingerprint density at radius 3 is 2.93 bits per heavy atom. The van der Waals surface area contributed by atoms with E-state index in [4.69, 9.17) is 9.84 Å². The minimum atomic E-state index is -0.366. The van der Waals surface area contributed by atoms with Crippen LogP contribution in [-0.2, 0) is 9.53 Å². The monoisotopic (exact) mass is 201 g/mol. The average molecular weight is 201 g/mol. The lowest BCUT2D eigenvalue weighted by Crippen LogP contribution is -2.35. The summed E-state index contributed by atoms with van der Waals surface area (Å²) in [4.78, 5) is 11.3. The summed E-state index contributed by atoms with van der Waals surface area (Å²) in [6, 6.07) is 0. The molecule has 0 aromatic rings. The molecule has 82 valence electrons. The van der Waals surface area contributed by atoms with Gasteiger partial charge >= 0.3 is 0 Å². The van der Waals surface area contributed by atoms with Crippen LogP contribution in [0.15, 0.2) is 0 Å². The Bertz CT molecular complexity index is 180. The molecule has 1 unspecified atom stereocenters. The molecule has 0 saturated heterocycles. The summed E-state index contributed by atoms with van der Waals surface area (Å²) in [6.45, 7) is 3.09. The highest BCUT2D eigenvalue weighted by Gasteiger charge is 2.23. The number of aliphatic hydroxyl groups excluding tert-OH is 1. The second-order valence-corrected chi connectivity index (χ2v) is 3.79. The Kier molecular flexibility index (Phi) is 4.90. The quantitative estimate of drug-likeness (QED) is 0.582. The largest absolute Gasteiger partial charge is 0.396 e. The van der Waals surface area contributed by atoms with Crippen LogP contribution < -0.4 is 5.32 Å². The van der Waals surface area contributed by atoms with Gasteiger partial charge in [0.15, 0.2) is 0 Å². The van der Waals surface area contributed by atoms with Gasteiger partial charge in [0.25, 0.3) is 0 Å². The van der Waals surface area contributed by atoms with Crippen LogP contribution in [0.5, 0.6) is 0 Å². The molecule has 1 amide bonds. The van der Waals surface area contributed by atoms with Crippen LogP contribution in [0.2, 0.25) is 0 Å². The van der Waals surface area contributed by atoms with E-state index in [-0.39, 0.29) is 18.6 Å². The Morgan fingerprint density at radius 2 is 2.36 bits per heavy atom. The van der Waals surface area contributed by atoms with Crippen LogP contribution in [0.1, 0.15) is 26.2 Å². The lowest BCUT2D eigenvalue weighted by atomic mass is 10.3. The molecular formula is C10H19NO3. The van der Waals surface area contributed by atoms with Crippen molar-refractivity contribution in [3.63, 3.8) is 0 Å². The van der Waals surface area contributed by atoms with Crippen molar-refractivity contribution < 1.29 is 14.6 Å². The van der Waals surface area contributed by atoms with Crippen molar-refractivity contribution in [2.24, 2.45) is 5.92 Å². The molecule has 14 heavy (non-hydrogen) atoms. The molecule has 4 heteroatoms. The number of amides is 1. The Balaban J connectivity index is 2.02. The summed E-state index contributed by atoms with van der Waals surface area (Å²) in [6.07, 6.45) is 2.70. The average Bonchev–Trinajstić information content (AvgIpc) is 2.98. The van der Waals surface area contributed by atoms with Gasteiger partial charge in [-0.05, 0) is 32.1 Å². The lowest BCUT2D eigenvalue weighted by molar-refractivity contribution is -0.132. The number of carbonyl (C=O) groups excluding carboxylic acids is 1. The van der Waals surface area contributed by atoms with Crippen molar-refractivity contribution in [3.8, 4) is 0 Å². The molecule has 1 rings (SSSR count). The number of hydrogen-bond acceptors (Lipinski definition) is 3. The first kappa shape index (κ1) is 11.5. The number of aliphatic hydroxyl groups is 1. The summed E-state index contributed by atoms with van der Waals surface area (Å²) in [5, 5.41) is 11.2. The molecule has 1 aliphatic carbocycles. The fourth-order valence-corrected chi connectivity index (χ4v) is 1.07. The second kappa shape index (κ2) is 5.98. The first-order valence-corrected chi connectivity index (χ1v) is 5.24. The smallest absolute Gasteiger partial charge is 0.248 e. The van der Waals surface area contributed by atoms with Gasteiger partial charge in [-0.3, -0.25) is 4.79 Å². The molecule has 2 N–H and O–H groups in total. The zero-order valence-electron chi connectivity index (χ0n) is 8.66. The van der Waals surface area contributed by atoms with E-state index in [1.165, 1.54) is 12.8 Å². The Morgan fingerprint density at radius 1 is 1.64 bits per heavy atom. The van der Waals surface area contributed by atoms with E-state index in [1.807, 2.05) is 0 Å². The van der Waals surface area contributed by atoms with Crippen LogP contribution in [-0.4, -0.2) is 36.9 Å². The summed E-state index contributed by atoms with van der Waals surface area (Å²) in [5.41, 5.74) is 0. The van der Waals surface area contributed by atoms with Gasteiger partial charge in [-0.15, -0.1) is 0 Å². The van der Waals surface area contributed by atoms with Crippen LogP contribution in [0.3, 0.4) is 0 Å². The fourth-order valence-electron chi connectivity index (χ4n) is 1.07. The van der Waals surface area contributed by atoms with Gasteiger partial charge in [-0.2, -0.15) is 0 Å². The van der Waals surface area contributed by atoms with Crippen LogP contribution in [0.25, 0.3) is 0 Å². The molecule has 0 bridgehead atoms. The van der Waals surface area contributed by atoms with E-state index < -0.39 is 0 Å². The third-order valence-electron chi connectivity index (χ3n) is 2.28. The van der Waals surface area contributed by atoms with Crippen molar-refractivity contribution in [2.75, 3.05) is 19.8 Å². The van der Waals surface area contributed by atoms with Crippen molar-refractivity contribution in [2.45, 2.75) is 32.3 Å². The van der Waals surface area contributed by atoms with Crippen molar-refractivity contribution in [1.29, 1.82) is 0 Å². The second-order valence-electron chi connectivity index (χ2n) is 3.79. The number of ether oxygens (including phenoxy) is 1. The molecule has 1 saturated carbocycles. The number of carbonyl (C=O) groups is 1. The van der Waals surface area contributed by atoms with E-state index in [9.17, 15) is 4.79 Å². The number of hydrogen-bond donors (Lipinski definition) is 2. The molecule has 0 aromatic carbocycles. The molecule has 0 heterocycles. The minimum Gasteiger partial charge on any atom is -0.396 e. The zero-order chi connectivity index (χ0) is 10.4. The van der Waals surface area contributed by atoms with Crippen LogP contribution in [0.4, 0.5) is 0 Å². The topological polar surface area (TPSA) is 58.6 Å². The van der Waals surface area contributed by atoms with E-state index in [2.05, 4.69) is 5.32 Å². The normalized spacial score (nSPS) is 17.9. The summed E-state index contributed by atoms with van der Waals surface area (Å²) in [5.74, 6) is 0.599. The molecule has 1 fully saturated rings. The number of nitrogens with one attached hydrogen (secondary N) is 1. The highest BCUT2D eigenvalue weighted by Crippen LogP contribution is 2.29. The standard InChI is InChI=1S/C10H19NO3/c1-8(14-7-9-3-4-9)10(13)11-5-2-6-12/h8-9,12H,2-7H2,1H3,(H,11,13). The molecule has 0 aromatic heterocycles. The first-order chi connectivity index (χ1) is 6.74. The summed E-state index contributed by atoms with van der Waals surface area (Å²) in [7, 11) is 0. The Hall–Kier alpha value is -0.610. The summed E-state index contributed by atoms with van der Waals surface area (Å²) < 4.78 is 5.38. The highest BCUT2D eigenvalue weighted by molar-refractivity contribution is 5.80. The summed E-state index contributed by atoms with van der Waals surface area (Å²) >= 11 is 0. The predicted octanol–water partition coefficient (Wildman–Crippen LogP) is 0.300. The predicted molar refractivity (Wildman–Crippen MR) is 52.9 cm³/mol. The third kappa shape index (κ3) is 4.58. The van der Waals surface area contributed by atoms with E-state index >= 15 is 0 Å². The van der Waals surface area contributed by atoms with Gasteiger partial charge in [-0.1, -0.05) is 0 Å². The van der Waals surface area contributed by atoms with Gasteiger partial charge in [0, 0.05) is 13.2 Å². The Labute approximate surface area is 84.6 Å².